The Kier molecular flexibility index (Phi) is 7.00. The van der Waals surface area contributed by atoms with Crippen LogP contribution in [0, 0.1) is 6.92 Å². The van der Waals surface area contributed by atoms with Crippen LogP contribution >= 0.6 is 15.9 Å². The summed E-state index contributed by atoms with van der Waals surface area (Å²) in [5.74, 6) is -0.417. The van der Waals surface area contributed by atoms with Crippen LogP contribution in [0.5, 0.6) is 0 Å². The van der Waals surface area contributed by atoms with E-state index in [1.165, 1.54) is 5.69 Å². The van der Waals surface area contributed by atoms with Gasteiger partial charge in [0.1, 0.15) is 5.76 Å². The summed E-state index contributed by atoms with van der Waals surface area (Å²) in [6.07, 6.45) is 3.20. The van der Waals surface area contributed by atoms with Crippen molar-refractivity contribution in [3.8, 4) is 11.3 Å². The molecule has 0 saturated heterocycles. The highest BCUT2D eigenvalue weighted by atomic mass is 79.9. The van der Waals surface area contributed by atoms with Gasteiger partial charge in [-0.15, -0.1) is 0 Å². The number of methoxy groups -OCH3 is 1. The lowest BCUT2D eigenvalue weighted by Gasteiger charge is -2.09. The Morgan fingerprint density at radius 1 is 1.21 bits per heavy atom. The van der Waals surface area contributed by atoms with Gasteiger partial charge in [0.25, 0.3) is 0 Å². The molecule has 0 spiro atoms. The molecular weight excluding hydrogens is 484 g/mol. The number of carboxylic acids is 1. The van der Waals surface area contributed by atoms with Crippen molar-refractivity contribution in [1.82, 2.24) is 9.78 Å². The van der Waals surface area contributed by atoms with Gasteiger partial charge in [0.05, 0.1) is 24.4 Å². The Bertz CT molecular complexity index is 1310. The number of aromatic carboxylic acids is 1. The highest BCUT2D eigenvalue weighted by Crippen LogP contribution is 2.40. The van der Waals surface area contributed by atoms with Crippen LogP contribution in [-0.2, 0) is 24.3 Å². The van der Waals surface area contributed by atoms with Gasteiger partial charge in [-0.2, -0.15) is 5.10 Å². The van der Waals surface area contributed by atoms with Gasteiger partial charge in [0, 0.05) is 29.1 Å². The molecule has 4 rings (SSSR count). The Labute approximate surface area is 201 Å². The third-order valence-corrected chi connectivity index (χ3v) is 6.38. The summed E-state index contributed by atoms with van der Waals surface area (Å²) in [4.78, 5) is 11.8. The van der Waals surface area contributed by atoms with Crippen molar-refractivity contribution in [3.63, 3.8) is 0 Å². The normalized spacial score (nSPS) is 11.4. The van der Waals surface area contributed by atoms with Gasteiger partial charge in [0.15, 0.2) is 4.67 Å². The topological polar surface area (TPSA) is 77.5 Å². The van der Waals surface area contributed by atoms with Gasteiger partial charge >= 0.3 is 5.97 Å². The van der Waals surface area contributed by atoms with Crippen LogP contribution in [0.2, 0.25) is 0 Å². The molecule has 6 nitrogen and oxygen atoms in total. The van der Waals surface area contributed by atoms with Gasteiger partial charge in [-0.05, 0) is 65.0 Å². The molecule has 33 heavy (non-hydrogen) atoms. The monoisotopic (exact) mass is 510 g/mol. The second-order valence-electron chi connectivity index (χ2n) is 8.21. The molecule has 0 saturated carbocycles. The Hall–Kier alpha value is -2.90. The molecule has 4 aromatic rings. The number of fused-ring (bicyclic) bond motifs is 1. The largest absolute Gasteiger partial charge is 0.478 e. The number of nitrogens with zero attached hydrogens (tertiary/aromatic N) is 2. The number of rotatable bonds is 9. The number of furan rings is 1. The van der Waals surface area contributed by atoms with Gasteiger partial charge in [-0.1, -0.05) is 37.6 Å². The second kappa shape index (κ2) is 9.93. The summed E-state index contributed by atoms with van der Waals surface area (Å²) < 4.78 is 14.0. The van der Waals surface area contributed by atoms with E-state index in [9.17, 15) is 9.90 Å². The lowest BCUT2D eigenvalue weighted by molar-refractivity contribution is 0.0697. The van der Waals surface area contributed by atoms with E-state index < -0.39 is 5.97 Å². The van der Waals surface area contributed by atoms with Crippen LogP contribution in [0.15, 0.2) is 51.6 Å². The molecule has 1 N–H and O–H groups in total. The first-order valence-electron chi connectivity index (χ1n) is 11.0. The molecule has 0 unspecified atom stereocenters. The number of hydrogen-bond donors (Lipinski definition) is 1. The van der Waals surface area contributed by atoms with Crippen LogP contribution in [0.1, 0.15) is 52.6 Å². The lowest BCUT2D eigenvalue weighted by Crippen LogP contribution is -2.07. The zero-order valence-corrected chi connectivity index (χ0v) is 20.6. The van der Waals surface area contributed by atoms with E-state index >= 15 is 0 Å². The van der Waals surface area contributed by atoms with Crippen molar-refractivity contribution in [3.05, 3.63) is 75.2 Å². The fourth-order valence-corrected chi connectivity index (χ4v) is 4.68. The molecule has 0 fully saturated rings. The van der Waals surface area contributed by atoms with E-state index in [0.29, 0.717) is 29.1 Å². The predicted octanol–water partition coefficient (Wildman–Crippen LogP) is 6.60. The van der Waals surface area contributed by atoms with E-state index in [2.05, 4.69) is 35.0 Å². The predicted molar refractivity (Wildman–Crippen MR) is 132 cm³/mol. The number of ether oxygens (including phenoxy) is 1. The maximum atomic E-state index is 11.8. The lowest BCUT2D eigenvalue weighted by atomic mass is 9.97. The highest BCUT2D eigenvalue weighted by molar-refractivity contribution is 9.10. The number of carbonyl (C=O) groups is 1. The summed E-state index contributed by atoms with van der Waals surface area (Å²) >= 11 is 3.54. The van der Waals surface area contributed by atoms with E-state index in [4.69, 9.17) is 14.3 Å². The first-order chi connectivity index (χ1) is 15.9. The number of aromatic nitrogens is 2. The van der Waals surface area contributed by atoms with Crippen molar-refractivity contribution in [1.29, 1.82) is 0 Å². The fourth-order valence-electron chi connectivity index (χ4n) is 4.19. The van der Waals surface area contributed by atoms with Crippen molar-refractivity contribution in [2.45, 2.75) is 46.3 Å². The van der Waals surface area contributed by atoms with Crippen molar-refractivity contribution < 1.29 is 19.1 Å². The minimum absolute atomic E-state index is 0.227. The van der Waals surface area contributed by atoms with Crippen molar-refractivity contribution in [2.24, 2.45) is 0 Å². The van der Waals surface area contributed by atoms with Crippen LogP contribution in [0.4, 0.5) is 0 Å². The van der Waals surface area contributed by atoms with Crippen LogP contribution in [0.25, 0.3) is 22.1 Å². The molecule has 0 aliphatic heterocycles. The molecule has 0 atom stereocenters. The van der Waals surface area contributed by atoms with Crippen LogP contribution in [0.3, 0.4) is 0 Å². The number of aryl methyl sites for hydroxylation is 2. The minimum Gasteiger partial charge on any atom is -0.478 e. The number of benzene rings is 2. The van der Waals surface area contributed by atoms with E-state index in [1.807, 2.05) is 29.8 Å². The zero-order valence-electron chi connectivity index (χ0n) is 19.0. The second-order valence-corrected chi connectivity index (χ2v) is 8.93. The Morgan fingerprint density at radius 3 is 2.76 bits per heavy atom. The third-order valence-electron chi connectivity index (χ3n) is 5.79. The first kappa shape index (κ1) is 23.3. The summed E-state index contributed by atoms with van der Waals surface area (Å²) in [5, 5.41) is 16.2. The summed E-state index contributed by atoms with van der Waals surface area (Å²) in [6, 6.07) is 13.5. The van der Waals surface area contributed by atoms with Crippen molar-refractivity contribution >= 4 is 32.7 Å². The quantitative estimate of drug-likeness (QED) is 0.274. The van der Waals surface area contributed by atoms with E-state index in [-0.39, 0.29) is 5.56 Å². The highest BCUT2D eigenvalue weighted by Gasteiger charge is 2.21. The van der Waals surface area contributed by atoms with Gasteiger partial charge in [-0.3, -0.25) is 4.68 Å². The van der Waals surface area contributed by atoms with Gasteiger partial charge in [0.2, 0.25) is 0 Å². The molecule has 172 valence electrons. The number of halogens is 1. The maximum Gasteiger partial charge on any atom is 0.336 e. The number of carboxylic acid groups (broad SMARTS) is 1. The van der Waals surface area contributed by atoms with E-state index in [1.54, 1.807) is 19.2 Å². The molecule has 0 aliphatic carbocycles. The molecule has 0 aliphatic rings. The third kappa shape index (κ3) is 4.75. The standard InChI is InChI=1S/C26H27BrN2O4/c1-4-5-8-19-13-18(15-32-3)28-29(19)14-17-10-11-20-22(12-17)25(27)33-24(20)23-16(2)7-6-9-21(23)26(30)31/h6-7,9-13H,4-5,8,14-15H2,1-3H3,(H,30,31). The SMILES string of the molecule is CCCCc1cc(COC)nn1Cc1ccc2c(-c3c(C)cccc3C(=O)O)oc(Br)c2c1. The molecule has 2 aromatic heterocycles. The molecule has 2 heterocycles. The smallest absolute Gasteiger partial charge is 0.336 e. The first-order valence-corrected chi connectivity index (χ1v) is 11.8. The number of unbranched alkanes of at least 4 members (excludes halogenated alkanes) is 1. The molecule has 0 radical (unpaired) electrons. The summed E-state index contributed by atoms with van der Waals surface area (Å²) in [5.41, 5.74) is 4.89. The molecule has 2 aromatic carbocycles. The molecular formula is C26H27BrN2O4. The number of hydrogen-bond acceptors (Lipinski definition) is 4. The van der Waals surface area contributed by atoms with Gasteiger partial charge < -0.3 is 14.3 Å². The van der Waals surface area contributed by atoms with Crippen LogP contribution in [-0.4, -0.2) is 28.0 Å². The van der Waals surface area contributed by atoms with Gasteiger partial charge in [-0.25, -0.2) is 4.79 Å². The average Bonchev–Trinajstić information content (AvgIpc) is 3.32. The zero-order chi connectivity index (χ0) is 23.5. The van der Waals surface area contributed by atoms with Crippen molar-refractivity contribution in [2.75, 3.05) is 7.11 Å². The Balaban J connectivity index is 1.74. The minimum atomic E-state index is -0.976. The van der Waals surface area contributed by atoms with Crippen LogP contribution < -0.4 is 0 Å². The average molecular weight is 511 g/mol. The Morgan fingerprint density at radius 2 is 2.03 bits per heavy atom. The van der Waals surface area contributed by atoms with E-state index in [0.717, 1.165) is 46.9 Å². The molecule has 0 bridgehead atoms. The molecule has 0 amide bonds. The summed E-state index contributed by atoms with van der Waals surface area (Å²) in [7, 11) is 1.68. The molecule has 7 heteroatoms. The summed E-state index contributed by atoms with van der Waals surface area (Å²) in [6.45, 7) is 5.20. The fraction of sp³-hybridized carbons (Fsp3) is 0.308. The maximum absolute atomic E-state index is 11.8.